The number of ether oxygens (including phenoxy) is 1. The van der Waals surface area contributed by atoms with E-state index in [2.05, 4.69) is 0 Å². The molecule has 38 heavy (non-hydrogen) atoms. The summed E-state index contributed by atoms with van der Waals surface area (Å²) in [4.78, 5) is 39.3. The van der Waals surface area contributed by atoms with Crippen LogP contribution in [0.15, 0.2) is 40.4 Å². The number of carbonyl (C=O) groups excluding carboxylic acids is 3. The van der Waals surface area contributed by atoms with Crippen molar-refractivity contribution in [2.45, 2.75) is 86.0 Å². The molecule has 0 saturated carbocycles. The van der Waals surface area contributed by atoms with Crippen molar-refractivity contribution in [3.05, 3.63) is 51.5 Å². The van der Waals surface area contributed by atoms with E-state index in [-0.39, 0.29) is 48.1 Å². The standard InChI is InChI=1S/C30H40O8/c1-7-9-10-12-21(32)24-22(33)16-23(38-6)18(26(24)34)15-19-27(35)25(20(31)11-8-2)29(37)30(5,28(19)36)14-13-17(3)4/h13,16,33-36H,7-12,14-15H2,1-6H3. The number of allylic oxidation sites excluding steroid dienone is 5. The van der Waals surface area contributed by atoms with E-state index < -0.39 is 51.4 Å². The zero-order valence-corrected chi connectivity index (χ0v) is 23.2. The molecular formula is C30H40O8. The molecule has 0 aliphatic heterocycles. The van der Waals surface area contributed by atoms with Gasteiger partial charge in [0.15, 0.2) is 17.3 Å². The first kappa shape index (κ1) is 30.7. The van der Waals surface area contributed by atoms with Crippen LogP contribution < -0.4 is 4.74 Å². The number of Topliss-reactive ketones (excluding diaryl/α,β-unsaturated/α-hetero) is 3. The van der Waals surface area contributed by atoms with Crippen molar-refractivity contribution in [3.63, 3.8) is 0 Å². The molecule has 0 bridgehead atoms. The molecule has 0 spiro atoms. The highest BCUT2D eigenvalue weighted by Crippen LogP contribution is 2.46. The smallest absolute Gasteiger partial charge is 0.183 e. The number of aliphatic hydroxyl groups is 2. The number of methoxy groups -OCH3 is 1. The Bertz CT molecular complexity index is 1200. The van der Waals surface area contributed by atoms with Gasteiger partial charge in [-0.3, -0.25) is 14.4 Å². The van der Waals surface area contributed by atoms with E-state index in [9.17, 15) is 34.8 Å². The van der Waals surface area contributed by atoms with E-state index in [1.165, 1.54) is 20.1 Å². The largest absolute Gasteiger partial charge is 0.511 e. The van der Waals surface area contributed by atoms with E-state index in [0.29, 0.717) is 12.8 Å². The lowest BCUT2D eigenvalue weighted by molar-refractivity contribution is -0.127. The molecular weight excluding hydrogens is 488 g/mol. The number of hydrogen-bond donors (Lipinski definition) is 4. The van der Waals surface area contributed by atoms with Crippen LogP contribution in [0.5, 0.6) is 17.2 Å². The van der Waals surface area contributed by atoms with Crippen molar-refractivity contribution in [1.82, 2.24) is 0 Å². The molecule has 208 valence electrons. The first-order valence-electron chi connectivity index (χ1n) is 13.1. The number of hydrogen-bond acceptors (Lipinski definition) is 8. The minimum atomic E-state index is -1.53. The first-order valence-corrected chi connectivity index (χ1v) is 13.1. The van der Waals surface area contributed by atoms with Crippen LogP contribution in [0.3, 0.4) is 0 Å². The summed E-state index contributed by atoms with van der Waals surface area (Å²) < 4.78 is 5.34. The lowest BCUT2D eigenvalue weighted by atomic mass is 9.69. The summed E-state index contributed by atoms with van der Waals surface area (Å²) in [6.07, 6.45) is 4.37. The third kappa shape index (κ3) is 6.11. The van der Waals surface area contributed by atoms with Crippen molar-refractivity contribution < 1.29 is 39.5 Å². The molecule has 1 aliphatic rings. The summed E-state index contributed by atoms with van der Waals surface area (Å²) in [5.74, 6) is -3.75. The van der Waals surface area contributed by atoms with E-state index in [1.54, 1.807) is 13.0 Å². The average molecular weight is 529 g/mol. The molecule has 0 amide bonds. The van der Waals surface area contributed by atoms with Crippen LogP contribution in [0.1, 0.15) is 95.5 Å². The van der Waals surface area contributed by atoms with Gasteiger partial charge in [-0.05, 0) is 40.0 Å². The van der Waals surface area contributed by atoms with Gasteiger partial charge in [0.1, 0.15) is 39.9 Å². The number of carbonyl (C=O) groups is 3. The van der Waals surface area contributed by atoms with Gasteiger partial charge in [-0.15, -0.1) is 0 Å². The lowest BCUT2D eigenvalue weighted by Crippen LogP contribution is -2.39. The number of ketones is 3. The van der Waals surface area contributed by atoms with Gasteiger partial charge < -0.3 is 25.2 Å². The molecule has 1 atom stereocenters. The second-order valence-corrected chi connectivity index (χ2v) is 10.2. The Morgan fingerprint density at radius 2 is 1.66 bits per heavy atom. The van der Waals surface area contributed by atoms with Gasteiger partial charge in [-0.2, -0.15) is 0 Å². The van der Waals surface area contributed by atoms with Gasteiger partial charge >= 0.3 is 0 Å². The molecule has 1 aromatic carbocycles. The van der Waals surface area contributed by atoms with Crippen LogP contribution in [0.2, 0.25) is 0 Å². The van der Waals surface area contributed by atoms with Gasteiger partial charge in [0.25, 0.3) is 0 Å². The van der Waals surface area contributed by atoms with Crippen LogP contribution in [-0.4, -0.2) is 44.9 Å². The Hall–Kier alpha value is -3.55. The fourth-order valence-electron chi connectivity index (χ4n) is 4.60. The Kier molecular flexibility index (Phi) is 10.3. The van der Waals surface area contributed by atoms with Gasteiger partial charge in [0.2, 0.25) is 0 Å². The number of aliphatic hydroxyl groups excluding tert-OH is 2. The number of phenols is 2. The van der Waals surface area contributed by atoms with Gasteiger partial charge in [0, 0.05) is 36.5 Å². The Balaban J connectivity index is 2.76. The Morgan fingerprint density at radius 3 is 2.21 bits per heavy atom. The van der Waals surface area contributed by atoms with Crippen LogP contribution in [0.25, 0.3) is 0 Å². The average Bonchev–Trinajstić information content (AvgIpc) is 2.85. The second-order valence-electron chi connectivity index (χ2n) is 10.2. The third-order valence-corrected chi connectivity index (χ3v) is 6.94. The number of phenolic OH excluding ortho intramolecular Hbond substituents is 2. The molecule has 1 aromatic rings. The monoisotopic (exact) mass is 528 g/mol. The summed E-state index contributed by atoms with van der Waals surface area (Å²) in [7, 11) is 1.31. The number of benzene rings is 1. The van der Waals surface area contributed by atoms with Gasteiger partial charge in [0.05, 0.1) is 12.5 Å². The highest BCUT2D eigenvalue weighted by molar-refractivity contribution is 6.24. The zero-order chi connectivity index (χ0) is 28.8. The maximum atomic E-state index is 13.5. The molecule has 0 fully saturated rings. The normalized spacial score (nSPS) is 17.6. The summed E-state index contributed by atoms with van der Waals surface area (Å²) in [5.41, 5.74) is -1.40. The number of rotatable bonds is 13. The van der Waals surface area contributed by atoms with Crippen molar-refractivity contribution in [3.8, 4) is 17.2 Å². The summed E-state index contributed by atoms with van der Waals surface area (Å²) in [5, 5.41) is 44.1. The molecule has 0 heterocycles. The molecule has 0 aromatic heterocycles. The fourth-order valence-corrected chi connectivity index (χ4v) is 4.60. The minimum Gasteiger partial charge on any atom is -0.511 e. The molecule has 2 rings (SSSR count). The maximum absolute atomic E-state index is 13.5. The van der Waals surface area contributed by atoms with Crippen molar-refractivity contribution in [1.29, 1.82) is 0 Å². The minimum absolute atomic E-state index is 0.0162. The lowest BCUT2D eigenvalue weighted by Gasteiger charge is -2.34. The highest BCUT2D eigenvalue weighted by atomic mass is 16.5. The van der Waals surface area contributed by atoms with E-state index in [4.69, 9.17) is 4.74 Å². The van der Waals surface area contributed by atoms with Crippen molar-refractivity contribution >= 4 is 17.3 Å². The predicted molar refractivity (Wildman–Crippen MR) is 145 cm³/mol. The van der Waals surface area contributed by atoms with E-state index >= 15 is 0 Å². The van der Waals surface area contributed by atoms with Gasteiger partial charge in [-0.1, -0.05) is 38.3 Å². The third-order valence-electron chi connectivity index (χ3n) is 6.94. The maximum Gasteiger partial charge on any atom is 0.183 e. The van der Waals surface area contributed by atoms with Crippen LogP contribution in [0, 0.1) is 5.41 Å². The number of unbranched alkanes of at least 4 members (excludes halogenated alkanes) is 2. The molecule has 4 N–H and O–H groups in total. The Labute approximate surface area is 224 Å². The quantitative estimate of drug-likeness (QED) is 0.100. The van der Waals surface area contributed by atoms with E-state index in [0.717, 1.165) is 18.4 Å². The zero-order valence-electron chi connectivity index (χ0n) is 23.2. The van der Waals surface area contributed by atoms with Crippen LogP contribution in [0.4, 0.5) is 0 Å². The summed E-state index contributed by atoms with van der Waals surface area (Å²) in [6.45, 7) is 8.95. The Morgan fingerprint density at radius 1 is 1.00 bits per heavy atom. The van der Waals surface area contributed by atoms with Gasteiger partial charge in [-0.25, -0.2) is 0 Å². The molecule has 0 saturated heterocycles. The molecule has 1 unspecified atom stereocenters. The first-order chi connectivity index (χ1) is 17.8. The summed E-state index contributed by atoms with van der Waals surface area (Å²) >= 11 is 0. The van der Waals surface area contributed by atoms with Crippen molar-refractivity contribution in [2.24, 2.45) is 5.41 Å². The summed E-state index contributed by atoms with van der Waals surface area (Å²) in [6, 6.07) is 1.19. The molecule has 8 nitrogen and oxygen atoms in total. The fraction of sp³-hybridized carbons (Fsp3) is 0.500. The van der Waals surface area contributed by atoms with Crippen molar-refractivity contribution in [2.75, 3.05) is 7.11 Å². The highest BCUT2D eigenvalue weighted by Gasteiger charge is 2.47. The van der Waals surface area contributed by atoms with Crippen LogP contribution >= 0.6 is 0 Å². The number of aromatic hydroxyl groups is 2. The molecule has 8 heteroatoms. The van der Waals surface area contributed by atoms with E-state index in [1.807, 2.05) is 20.8 Å². The molecule has 0 radical (unpaired) electrons. The SMILES string of the molecule is CCCCCC(=O)c1c(O)cc(OC)c(CC2=C(O)C(C)(CC=C(C)C)C(=O)C(C(=O)CCC)=C2O)c1O. The topological polar surface area (TPSA) is 141 Å². The molecule has 1 aliphatic carbocycles. The second kappa shape index (κ2) is 12.8. The predicted octanol–water partition coefficient (Wildman–Crippen LogP) is 6.35. The van der Waals surface area contributed by atoms with Crippen LogP contribution in [-0.2, 0) is 16.0 Å².